The van der Waals surface area contributed by atoms with Crippen LogP contribution in [0.4, 0.5) is 0 Å². The van der Waals surface area contributed by atoms with Crippen LogP contribution >= 0.6 is 0 Å². The molecule has 0 radical (unpaired) electrons. The predicted molar refractivity (Wildman–Crippen MR) is 86.4 cm³/mol. The van der Waals surface area contributed by atoms with Gasteiger partial charge in [-0.25, -0.2) is 19.7 Å². The van der Waals surface area contributed by atoms with Crippen LogP contribution in [0.15, 0.2) is 53.3 Å². The smallest absolute Gasteiger partial charge is 0.354 e. The molecule has 1 aromatic carbocycles. The summed E-state index contributed by atoms with van der Waals surface area (Å²) < 4.78 is 7.65. The van der Waals surface area contributed by atoms with Crippen molar-refractivity contribution >= 4 is 17.1 Å². The highest BCUT2D eigenvalue weighted by Crippen LogP contribution is 2.27. The van der Waals surface area contributed by atoms with E-state index in [2.05, 4.69) is 15.0 Å². The molecule has 7 heteroatoms. The maximum absolute atomic E-state index is 11.0. The zero-order chi connectivity index (χ0) is 16.7. The normalized spacial score (nSPS) is 11.0. The van der Waals surface area contributed by atoms with Crippen molar-refractivity contribution in [1.82, 2.24) is 19.5 Å². The van der Waals surface area contributed by atoms with Crippen LogP contribution in [0.1, 0.15) is 10.5 Å². The third-order valence-electron chi connectivity index (χ3n) is 3.69. The highest BCUT2D eigenvalue weighted by molar-refractivity contribution is 5.87. The van der Waals surface area contributed by atoms with Gasteiger partial charge in [-0.1, -0.05) is 0 Å². The number of imidazole rings is 1. The summed E-state index contributed by atoms with van der Waals surface area (Å²) in [6, 6.07) is 8.73. The van der Waals surface area contributed by atoms with Gasteiger partial charge in [-0.05, 0) is 30.3 Å². The number of aryl methyl sites for hydroxylation is 1. The summed E-state index contributed by atoms with van der Waals surface area (Å²) in [5.41, 5.74) is 2.74. The number of aromatic carboxylic acids is 1. The maximum Gasteiger partial charge on any atom is 0.354 e. The molecule has 7 nitrogen and oxygen atoms in total. The van der Waals surface area contributed by atoms with Crippen molar-refractivity contribution < 1.29 is 14.3 Å². The summed E-state index contributed by atoms with van der Waals surface area (Å²) in [7, 11) is 1.92. The van der Waals surface area contributed by atoms with Crippen molar-refractivity contribution in [1.29, 1.82) is 0 Å². The molecule has 1 N–H and O–H groups in total. The third-order valence-corrected chi connectivity index (χ3v) is 3.69. The summed E-state index contributed by atoms with van der Waals surface area (Å²) in [6.07, 6.45) is 5.03. The lowest BCUT2D eigenvalue weighted by molar-refractivity contribution is 0.0690. The Labute approximate surface area is 136 Å². The van der Waals surface area contributed by atoms with E-state index in [1.807, 2.05) is 36.0 Å². The quantitative estimate of drug-likeness (QED) is 0.623. The summed E-state index contributed by atoms with van der Waals surface area (Å²) in [6.45, 7) is 0. The number of benzene rings is 1. The molecular formula is C17H12N4O3. The molecule has 24 heavy (non-hydrogen) atoms. The van der Waals surface area contributed by atoms with Crippen LogP contribution in [0, 0.1) is 0 Å². The van der Waals surface area contributed by atoms with E-state index >= 15 is 0 Å². The van der Waals surface area contributed by atoms with Gasteiger partial charge in [-0.2, -0.15) is 0 Å². The van der Waals surface area contributed by atoms with Crippen LogP contribution < -0.4 is 0 Å². The van der Waals surface area contributed by atoms with Crippen molar-refractivity contribution in [2.75, 3.05) is 0 Å². The summed E-state index contributed by atoms with van der Waals surface area (Å²) in [5.74, 6) is 0.0930. The average molecular weight is 320 g/mol. The Morgan fingerprint density at radius 1 is 1.12 bits per heavy atom. The number of rotatable bonds is 3. The number of nitrogens with zero attached hydrogens (tertiary/aromatic N) is 4. The monoisotopic (exact) mass is 320 g/mol. The van der Waals surface area contributed by atoms with Gasteiger partial charge in [0, 0.05) is 36.8 Å². The first-order valence-corrected chi connectivity index (χ1v) is 7.20. The molecule has 0 atom stereocenters. The van der Waals surface area contributed by atoms with E-state index in [0.717, 1.165) is 11.4 Å². The van der Waals surface area contributed by atoms with E-state index < -0.39 is 5.97 Å². The number of hydrogen-bond acceptors (Lipinski definition) is 5. The molecule has 4 rings (SSSR count). The van der Waals surface area contributed by atoms with E-state index in [1.54, 1.807) is 12.3 Å². The van der Waals surface area contributed by atoms with E-state index in [4.69, 9.17) is 9.52 Å². The van der Waals surface area contributed by atoms with Gasteiger partial charge >= 0.3 is 5.97 Å². The molecule has 3 aromatic heterocycles. The number of carboxylic acid groups (broad SMARTS) is 1. The molecule has 0 saturated heterocycles. The van der Waals surface area contributed by atoms with Gasteiger partial charge in [0.05, 0.1) is 0 Å². The van der Waals surface area contributed by atoms with Crippen LogP contribution in [-0.4, -0.2) is 30.6 Å². The highest BCUT2D eigenvalue weighted by Gasteiger charge is 2.13. The Morgan fingerprint density at radius 2 is 2.00 bits per heavy atom. The predicted octanol–water partition coefficient (Wildman–Crippen LogP) is 2.99. The topological polar surface area (TPSA) is 94.0 Å². The number of aromatic nitrogens is 4. The second kappa shape index (κ2) is 5.31. The minimum atomic E-state index is -1.09. The minimum Gasteiger partial charge on any atom is -0.477 e. The number of pyridine rings is 1. The molecule has 118 valence electrons. The van der Waals surface area contributed by atoms with Gasteiger partial charge in [0.15, 0.2) is 5.58 Å². The van der Waals surface area contributed by atoms with Crippen molar-refractivity contribution in [2.24, 2.45) is 7.05 Å². The lowest BCUT2D eigenvalue weighted by atomic mass is 10.2. The zero-order valence-electron chi connectivity index (χ0n) is 12.7. The Bertz CT molecular complexity index is 1060. The fourth-order valence-electron chi connectivity index (χ4n) is 2.51. The van der Waals surface area contributed by atoms with Crippen LogP contribution in [0.5, 0.6) is 0 Å². The number of oxazole rings is 1. The molecule has 0 saturated carbocycles. The van der Waals surface area contributed by atoms with Crippen molar-refractivity contribution in [3.63, 3.8) is 0 Å². The van der Waals surface area contributed by atoms with Gasteiger partial charge in [0.1, 0.15) is 17.0 Å². The fraction of sp³-hybridized carbons (Fsp3) is 0.0588. The standard InChI is InChI=1S/C17H12N4O3/c1-21-7-6-19-15(21)10-2-3-14-12(8-10)20-16(24-14)11-4-5-18-13(9-11)17(22)23/h2-9H,1H3,(H,22,23). The molecular weight excluding hydrogens is 308 g/mol. The Morgan fingerprint density at radius 3 is 2.75 bits per heavy atom. The van der Waals surface area contributed by atoms with Crippen LogP contribution in [0.3, 0.4) is 0 Å². The first-order valence-electron chi connectivity index (χ1n) is 7.20. The molecule has 0 amide bonds. The summed E-state index contributed by atoms with van der Waals surface area (Å²) >= 11 is 0. The largest absolute Gasteiger partial charge is 0.477 e. The third kappa shape index (κ3) is 2.32. The Hall–Kier alpha value is -3.48. The average Bonchev–Trinajstić information content (AvgIpc) is 3.20. The molecule has 4 aromatic rings. The van der Waals surface area contributed by atoms with Crippen LogP contribution in [0.25, 0.3) is 33.9 Å². The Balaban J connectivity index is 1.80. The second-order valence-corrected chi connectivity index (χ2v) is 5.30. The maximum atomic E-state index is 11.0. The number of hydrogen-bond donors (Lipinski definition) is 1. The molecule has 0 aliphatic heterocycles. The van der Waals surface area contributed by atoms with Crippen molar-refractivity contribution in [3.8, 4) is 22.8 Å². The molecule has 0 unspecified atom stereocenters. The molecule has 0 aliphatic rings. The second-order valence-electron chi connectivity index (χ2n) is 5.30. The van der Waals surface area contributed by atoms with Crippen molar-refractivity contribution in [3.05, 3.63) is 54.6 Å². The SMILES string of the molecule is Cn1ccnc1-c1ccc2oc(-c3ccnc(C(=O)O)c3)nc2c1. The molecule has 0 spiro atoms. The van der Waals surface area contributed by atoms with Gasteiger partial charge < -0.3 is 14.1 Å². The summed E-state index contributed by atoms with van der Waals surface area (Å²) in [5, 5.41) is 9.04. The molecule has 0 fully saturated rings. The zero-order valence-corrected chi connectivity index (χ0v) is 12.7. The number of carbonyl (C=O) groups is 1. The van der Waals surface area contributed by atoms with E-state index in [0.29, 0.717) is 22.6 Å². The van der Waals surface area contributed by atoms with Gasteiger partial charge in [0.2, 0.25) is 5.89 Å². The highest BCUT2D eigenvalue weighted by atomic mass is 16.4. The molecule has 0 aliphatic carbocycles. The van der Waals surface area contributed by atoms with Gasteiger partial charge in [0.25, 0.3) is 0 Å². The van der Waals surface area contributed by atoms with E-state index in [1.165, 1.54) is 12.3 Å². The Kier molecular flexibility index (Phi) is 3.13. The first kappa shape index (κ1) is 14.1. The lowest BCUT2D eigenvalue weighted by Crippen LogP contribution is -1.99. The molecule has 3 heterocycles. The number of carboxylic acids is 1. The number of fused-ring (bicyclic) bond motifs is 1. The summed E-state index contributed by atoms with van der Waals surface area (Å²) in [4.78, 5) is 23.6. The first-order chi connectivity index (χ1) is 11.6. The van der Waals surface area contributed by atoms with E-state index in [-0.39, 0.29) is 5.69 Å². The van der Waals surface area contributed by atoms with Crippen LogP contribution in [0.2, 0.25) is 0 Å². The molecule has 0 bridgehead atoms. The minimum absolute atomic E-state index is 0.0524. The lowest BCUT2D eigenvalue weighted by Gasteiger charge is -2.00. The van der Waals surface area contributed by atoms with E-state index in [9.17, 15) is 4.79 Å². The van der Waals surface area contributed by atoms with Gasteiger partial charge in [-0.15, -0.1) is 0 Å². The van der Waals surface area contributed by atoms with Crippen molar-refractivity contribution in [2.45, 2.75) is 0 Å². The van der Waals surface area contributed by atoms with Gasteiger partial charge in [-0.3, -0.25) is 0 Å². The van der Waals surface area contributed by atoms with Crippen LogP contribution in [-0.2, 0) is 7.05 Å². The fourth-order valence-corrected chi connectivity index (χ4v) is 2.51.